The fourth-order valence-electron chi connectivity index (χ4n) is 2.88. The molecule has 0 aromatic rings. The molecule has 0 aromatic heterocycles. The third kappa shape index (κ3) is 5.60. The second-order valence-corrected chi connectivity index (χ2v) is 7.63. The zero-order valence-electron chi connectivity index (χ0n) is 16.3. The van der Waals surface area contributed by atoms with E-state index in [1.54, 1.807) is 17.9 Å². The van der Waals surface area contributed by atoms with Gasteiger partial charge in [0.2, 0.25) is 5.91 Å². The van der Waals surface area contributed by atoms with E-state index in [1.807, 2.05) is 78.6 Å². The fourth-order valence-corrected chi connectivity index (χ4v) is 2.88. The molecule has 27 heavy (non-hydrogen) atoms. The summed E-state index contributed by atoms with van der Waals surface area (Å²) in [7, 11) is 0. The number of ether oxygens (including phenoxy) is 1. The minimum Gasteiger partial charge on any atom is -0.439 e. The van der Waals surface area contributed by atoms with Crippen molar-refractivity contribution >= 4 is 11.9 Å². The minimum atomic E-state index is -1.01. The molecule has 2 aliphatic carbocycles. The van der Waals surface area contributed by atoms with E-state index in [2.05, 4.69) is 6.58 Å². The van der Waals surface area contributed by atoms with Crippen molar-refractivity contribution in [3.63, 3.8) is 0 Å². The van der Waals surface area contributed by atoms with Crippen molar-refractivity contribution in [1.29, 1.82) is 0 Å². The van der Waals surface area contributed by atoms with E-state index in [4.69, 9.17) is 4.74 Å². The van der Waals surface area contributed by atoms with Gasteiger partial charge >= 0.3 is 23.0 Å². The van der Waals surface area contributed by atoms with Gasteiger partial charge in [-0.2, -0.15) is 0 Å². The van der Waals surface area contributed by atoms with Crippen molar-refractivity contribution in [1.82, 2.24) is 4.90 Å². The smallest absolute Gasteiger partial charge is 0.439 e. The maximum Gasteiger partial charge on any atom is 2.00 e. The number of carbonyl (C=O) groups is 2. The zero-order valence-corrected chi connectivity index (χ0v) is 17.4. The molecule has 0 unspecified atom stereocenters. The molecule has 4 nitrogen and oxygen atoms in total. The number of esters is 1. The maximum atomic E-state index is 12.9. The molecule has 144 valence electrons. The molecule has 1 heterocycles. The maximum absolute atomic E-state index is 12.9. The number of hydrogen-bond donors (Lipinski definition) is 0. The minimum absolute atomic E-state index is 0. The van der Waals surface area contributed by atoms with Crippen molar-refractivity contribution in [2.75, 3.05) is 0 Å². The Balaban J connectivity index is 0.000000526. The summed E-state index contributed by atoms with van der Waals surface area (Å²) < 4.78 is 5.52. The predicted octanol–water partition coefficient (Wildman–Crippen LogP) is 3.50. The number of hydrogen-bond acceptors (Lipinski definition) is 3. The van der Waals surface area contributed by atoms with Crippen LogP contribution in [0.25, 0.3) is 0 Å². The summed E-state index contributed by atoms with van der Waals surface area (Å²) in [4.78, 5) is 26.8. The van der Waals surface area contributed by atoms with E-state index in [0.29, 0.717) is 6.42 Å². The van der Waals surface area contributed by atoms with Crippen LogP contribution in [0.5, 0.6) is 0 Å². The Morgan fingerprint density at radius 1 is 1.15 bits per heavy atom. The summed E-state index contributed by atoms with van der Waals surface area (Å²) in [6, 6.07) is 0. The Morgan fingerprint density at radius 3 is 2.04 bits per heavy atom. The van der Waals surface area contributed by atoms with Crippen LogP contribution in [0, 0.1) is 69.1 Å². The van der Waals surface area contributed by atoms with E-state index in [1.165, 1.54) is 0 Å². The second-order valence-electron chi connectivity index (χ2n) is 7.63. The van der Waals surface area contributed by atoms with Gasteiger partial charge in [-0.15, -0.1) is 6.58 Å². The van der Waals surface area contributed by atoms with Gasteiger partial charge in [0.1, 0.15) is 5.54 Å². The van der Waals surface area contributed by atoms with E-state index >= 15 is 0 Å². The largest absolute Gasteiger partial charge is 2.00 e. The fraction of sp³-hybridized carbons (Fsp3) is 0.364. The predicted molar refractivity (Wildman–Crippen MR) is 101 cm³/mol. The molecule has 2 saturated carbocycles. The Morgan fingerprint density at radius 2 is 1.63 bits per heavy atom. The van der Waals surface area contributed by atoms with E-state index < -0.39 is 17.2 Å². The van der Waals surface area contributed by atoms with Gasteiger partial charge in [-0.1, -0.05) is 26.8 Å². The van der Waals surface area contributed by atoms with Crippen LogP contribution in [0.1, 0.15) is 34.1 Å². The Bertz CT molecular complexity index is 511. The van der Waals surface area contributed by atoms with Gasteiger partial charge < -0.3 is 4.74 Å². The zero-order chi connectivity index (χ0) is 19.4. The molecular formula is C22H27FeNO3+2. The molecule has 3 fully saturated rings. The van der Waals surface area contributed by atoms with Crippen molar-refractivity contribution in [3.8, 4) is 0 Å². The van der Waals surface area contributed by atoms with Gasteiger partial charge in [0, 0.05) is 11.3 Å². The molecule has 0 spiro atoms. The quantitative estimate of drug-likeness (QED) is 0.407. The van der Waals surface area contributed by atoms with Gasteiger partial charge in [0.15, 0.2) is 6.23 Å². The van der Waals surface area contributed by atoms with Gasteiger partial charge in [0.25, 0.3) is 0 Å². The van der Waals surface area contributed by atoms with Crippen LogP contribution in [-0.4, -0.2) is 28.5 Å². The molecule has 1 amide bonds. The van der Waals surface area contributed by atoms with Crippen LogP contribution >= 0.6 is 0 Å². The van der Waals surface area contributed by atoms with Crippen LogP contribution in [0.4, 0.5) is 0 Å². The van der Waals surface area contributed by atoms with Crippen LogP contribution in [0.3, 0.4) is 0 Å². The number of amides is 1. The van der Waals surface area contributed by atoms with Gasteiger partial charge in [-0.3, -0.25) is 9.69 Å². The van der Waals surface area contributed by atoms with E-state index in [-0.39, 0.29) is 28.9 Å². The summed E-state index contributed by atoms with van der Waals surface area (Å²) in [5.74, 6) is 0.323. The average Bonchev–Trinajstić information content (AvgIpc) is 3.30. The standard InChI is InChI=1S/C17H22NO3.C5H5.Fe/c1-6-11-17(5)15(20)21-13(12-9-7-8-10-12)18(17)14(19)16(2,3)4;1-2-4-5-3-1;/h6-10,13H,1,11H2,2-5H3;1-5H;/q;;+2/t13-,17+;;/m1../s1. The van der Waals surface area contributed by atoms with Crippen molar-refractivity contribution in [2.45, 2.75) is 45.9 Å². The van der Waals surface area contributed by atoms with Crippen LogP contribution in [0.15, 0.2) is 12.7 Å². The van der Waals surface area contributed by atoms with Crippen molar-refractivity contribution < 1.29 is 31.4 Å². The SMILES string of the molecule is C=CC[C@@]1(C)C(=O)O[C@H]([C]2[CH][CH][CH][CH]2)N1C(=O)C(C)(C)C.[CH]1[CH][CH][CH][CH]1.[Fe+2]. The summed E-state index contributed by atoms with van der Waals surface area (Å²) in [6.45, 7) is 11.0. The Kier molecular flexibility index (Phi) is 9.08. The van der Waals surface area contributed by atoms with Gasteiger partial charge in [-0.25, -0.2) is 4.79 Å². The summed E-state index contributed by atoms with van der Waals surface area (Å²) >= 11 is 0. The first-order valence-electron chi connectivity index (χ1n) is 8.76. The Labute approximate surface area is 175 Å². The number of carbonyl (C=O) groups excluding carboxylic acids is 2. The summed E-state index contributed by atoms with van der Waals surface area (Å²) in [5, 5.41) is 0. The molecule has 1 saturated heterocycles. The van der Waals surface area contributed by atoms with Gasteiger partial charge in [0.05, 0.1) is 0 Å². The summed E-state index contributed by atoms with van der Waals surface area (Å²) in [6.07, 6.45) is 18.8. The van der Waals surface area contributed by atoms with Crippen molar-refractivity contribution in [2.24, 2.45) is 5.41 Å². The second kappa shape index (κ2) is 10.1. The van der Waals surface area contributed by atoms with Crippen LogP contribution < -0.4 is 0 Å². The van der Waals surface area contributed by atoms with E-state index in [0.717, 1.165) is 5.92 Å². The topological polar surface area (TPSA) is 46.6 Å². The molecule has 3 rings (SSSR count). The molecule has 2 atom stereocenters. The summed E-state index contributed by atoms with van der Waals surface area (Å²) in [5.41, 5.74) is -1.60. The van der Waals surface area contributed by atoms with Gasteiger partial charge in [-0.05, 0) is 71.1 Å². The first-order chi connectivity index (χ1) is 12.2. The number of nitrogens with zero attached hydrogens (tertiary/aromatic N) is 1. The van der Waals surface area contributed by atoms with Crippen LogP contribution in [-0.2, 0) is 31.4 Å². The third-order valence-corrected chi connectivity index (χ3v) is 4.36. The molecular weight excluding hydrogens is 382 g/mol. The Hall–Kier alpha value is -0.801. The first kappa shape index (κ1) is 24.2. The number of rotatable bonds is 3. The number of cyclic esters (lactones) is 1. The van der Waals surface area contributed by atoms with Crippen molar-refractivity contribution in [3.05, 3.63) is 76.4 Å². The third-order valence-electron chi connectivity index (χ3n) is 4.36. The molecule has 0 bridgehead atoms. The first-order valence-corrected chi connectivity index (χ1v) is 8.76. The normalized spacial score (nSPS) is 28.2. The average molecular weight is 409 g/mol. The molecule has 0 N–H and O–H groups in total. The molecule has 10 radical (unpaired) electrons. The van der Waals surface area contributed by atoms with Crippen LogP contribution in [0.2, 0.25) is 0 Å². The molecule has 3 aliphatic rings. The van der Waals surface area contributed by atoms with E-state index in [9.17, 15) is 9.59 Å². The molecule has 0 aromatic carbocycles. The molecule has 5 heteroatoms. The monoisotopic (exact) mass is 409 g/mol. The molecule has 1 aliphatic heterocycles.